The number of aromatic nitrogens is 2. The second kappa shape index (κ2) is 5.35. The highest BCUT2D eigenvalue weighted by Gasteiger charge is 2.19. The summed E-state index contributed by atoms with van der Waals surface area (Å²) in [6.45, 7) is 1.94. The molecule has 1 aromatic heterocycles. The van der Waals surface area contributed by atoms with Crippen molar-refractivity contribution >= 4 is 29.2 Å². The van der Waals surface area contributed by atoms with Gasteiger partial charge in [0.2, 0.25) is 5.95 Å². The minimum Gasteiger partial charge on any atom is -0.341 e. The molecular weight excluding hydrogens is 281 g/mol. The Balaban J connectivity index is 2.03. The molecular formula is C14H13Cl2N3. The van der Waals surface area contributed by atoms with Crippen LogP contribution < -0.4 is 4.90 Å². The van der Waals surface area contributed by atoms with Crippen LogP contribution in [-0.2, 0) is 0 Å². The molecule has 0 N–H and O–H groups in total. The van der Waals surface area contributed by atoms with Crippen molar-refractivity contribution in [1.82, 2.24) is 9.97 Å². The van der Waals surface area contributed by atoms with Crippen LogP contribution in [0.4, 0.5) is 5.95 Å². The Labute approximate surface area is 122 Å². The van der Waals surface area contributed by atoms with E-state index >= 15 is 0 Å². The maximum absolute atomic E-state index is 6.29. The molecule has 2 heterocycles. The average molecular weight is 294 g/mol. The summed E-state index contributed by atoms with van der Waals surface area (Å²) in [7, 11) is 0. The van der Waals surface area contributed by atoms with Crippen molar-refractivity contribution in [3.8, 4) is 11.1 Å². The first-order valence-corrected chi connectivity index (χ1v) is 7.05. The topological polar surface area (TPSA) is 29.0 Å². The molecule has 0 aliphatic carbocycles. The highest BCUT2D eigenvalue weighted by Crippen LogP contribution is 2.34. The summed E-state index contributed by atoms with van der Waals surface area (Å²) in [6.07, 6.45) is 2.33. The van der Waals surface area contributed by atoms with Gasteiger partial charge < -0.3 is 4.90 Å². The van der Waals surface area contributed by atoms with Gasteiger partial charge in [-0.3, -0.25) is 0 Å². The minimum atomic E-state index is 0.410. The van der Waals surface area contributed by atoms with Crippen LogP contribution in [-0.4, -0.2) is 23.1 Å². The predicted molar refractivity (Wildman–Crippen MR) is 78.9 cm³/mol. The van der Waals surface area contributed by atoms with Crippen LogP contribution >= 0.6 is 23.2 Å². The van der Waals surface area contributed by atoms with Gasteiger partial charge in [0, 0.05) is 13.1 Å². The minimum absolute atomic E-state index is 0.410. The van der Waals surface area contributed by atoms with Crippen LogP contribution in [0.2, 0.25) is 10.3 Å². The zero-order valence-corrected chi connectivity index (χ0v) is 11.8. The number of nitrogens with zero attached hydrogens (tertiary/aromatic N) is 3. The normalized spacial score (nSPS) is 14.9. The lowest BCUT2D eigenvalue weighted by Gasteiger charge is -2.16. The van der Waals surface area contributed by atoms with Gasteiger partial charge in [0.15, 0.2) is 0 Å². The van der Waals surface area contributed by atoms with Crippen molar-refractivity contribution in [1.29, 1.82) is 0 Å². The van der Waals surface area contributed by atoms with E-state index in [1.54, 1.807) is 0 Å². The zero-order chi connectivity index (χ0) is 13.2. The number of anilines is 1. The third-order valence-electron chi connectivity index (χ3n) is 3.26. The van der Waals surface area contributed by atoms with Gasteiger partial charge in [-0.15, -0.1) is 0 Å². The standard InChI is InChI=1S/C14H13Cl2N3/c15-12-11(10-6-2-1-3-7-10)13(16)18-14(17-12)19-8-4-5-9-19/h1-3,6-7H,4-5,8-9H2. The maximum Gasteiger partial charge on any atom is 0.228 e. The third-order valence-corrected chi connectivity index (χ3v) is 3.81. The molecule has 0 radical (unpaired) electrons. The quantitative estimate of drug-likeness (QED) is 0.782. The number of halogens is 2. The van der Waals surface area contributed by atoms with E-state index in [0.717, 1.165) is 18.7 Å². The Bertz CT molecular complexity index is 557. The lowest BCUT2D eigenvalue weighted by molar-refractivity contribution is 0.899. The molecule has 3 nitrogen and oxygen atoms in total. The van der Waals surface area contributed by atoms with Crippen molar-refractivity contribution in [2.24, 2.45) is 0 Å². The molecule has 0 amide bonds. The van der Waals surface area contributed by atoms with E-state index in [1.807, 2.05) is 30.3 Å². The first kappa shape index (κ1) is 12.7. The second-order valence-electron chi connectivity index (χ2n) is 4.54. The highest BCUT2D eigenvalue weighted by molar-refractivity contribution is 6.37. The lowest BCUT2D eigenvalue weighted by Crippen LogP contribution is -2.20. The Hall–Kier alpha value is -1.32. The molecule has 1 aliphatic heterocycles. The van der Waals surface area contributed by atoms with E-state index in [1.165, 1.54) is 12.8 Å². The van der Waals surface area contributed by atoms with Crippen molar-refractivity contribution in [2.75, 3.05) is 18.0 Å². The fourth-order valence-electron chi connectivity index (χ4n) is 2.30. The maximum atomic E-state index is 6.29. The van der Waals surface area contributed by atoms with Crippen molar-refractivity contribution in [3.05, 3.63) is 40.6 Å². The molecule has 2 aromatic rings. The van der Waals surface area contributed by atoms with Gasteiger partial charge in [-0.25, -0.2) is 9.97 Å². The predicted octanol–water partition coefficient (Wildman–Crippen LogP) is 4.05. The first-order chi connectivity index (χ1) is 9.25. The molecule has 1 fully saturated rings. The molecule has 0 bridgehead atoms. The highest BCUT2D eigenvalue weighted by atomic mass is 35.5. The van der Waals surface area contributed by atoms with Crippen LogP contribution in [0.25, 0.3) is 11.1 Å². The van der Waals surface area contributed by atoms with E-state index in [9.17, 15) is 0 Å². The van der Waals surface area contributed by atoms with Gasteiger partial charge in [-0.1, -0.05) is 53.5 Å². The van der Waals surface area contributed by atoms with Crippen molar-refractivity contribution < 1.29 is 0 Å². The Morgan fingerprint density at radius 1 is 0.895 bits per heavy atom. The number of rotatable bonds is 2. The Kier molecular flexibility index (Phi) is 3.58. The molecule has 5 heteroatoms. The second-order valence-corrected chi connectivity index (χ2v) is 5.26. The van der Waals surface area contributed by atoms with E-state index in [4.69, 9.17) is 23.2 Å². The number of hydrogen-bond donors (Lipinski definition) is 0. The smallest absolute Gasteiger partial charge is 0.228 e. The third kappa shape index (κ3) is 2.53. The number of hydrogen-bond acceptors (Lipinski definition) is 3. The Morgan fingerprint density at radius 2 is 1.47 bits per heavy atom. The van der Waals surface area contributed by atoms with Crippen LogP contribution in [0, 0.1) is 0 Å². The number of benzene rings is 1. The monoisotopic (exact) mass is 293 g/mol. The fraction of sp³-hybridized carbons (Fsp3) is 0.286. The summed E-state index contributed by atoms with van der Waals surface area (Å²) in [5.74, 6) is 0.632. The van der Waals surface area contributed by atoms with Crippen LogP contribution in [0.3, 0.4) is 0 Å². The molecule has 1 aliphatic rings. The molecule has 0 spiro atoms. The lowest BCUT2D eigenvalue weighted by atomic mass is 10.1. The van der Waals surface area contributed by atoms with Gasteiger partial charge in [-0.05, 0) is 18.4 Å². The van der Waals surface area contributed by atoms with Crippen LogP contribution in [0.5, 0.6) is 0 Å². The summed E-state index contributed by atoms with van der Waals surface area (Å²) >= 11 is 12.6. The van der Waals surface area contributed by atoms with Gasteiger partial charge in [-0.2, -0.15) is 0 Å². The van der Waals surface area contributed by atoms with Gasteiger partial charge >= 0.3 is 0 Å². The van der Waals surface area contributed by atoms with Crippen LogP contribution in [0.15, 0.2) is 30.3 Å². The molecule has 1 saturated heterocycles. The molecule has 0 unspecified atom stereocenters. The molecule has 98 valence electrons. The SMILES string of the molecule is Clc1nc(N2CCCC2)nc(Cl)c1-c1ccccc1. The molecule has 19 heavy (non-hydrogen) atoms. The molecule has 3 rings (SSSR count). The Morgan fingerprint density at radius 3 is 2.05 bits per heavy atom. The first-order valence-electron chi connectivity index (χ1n) is 6.29. The van der Waals surface area contributed by atoms with E-state index in [-0.39, 0.29) is 0 Å². The van der Waals surface area contributed by atoms with Gasteiger partial charge in [0.1, 0.15) is 10.3 Å². The molecule has 1 aromatic carbocycles. The summed E-state index contributed by atoms with van der Waals surface area (Å²) in [5, 5.41) is 0.821. The fourth-order valence-corrected chi connectivity index (χ4v) is 2.90. The van der Waals surface area contributed by atoms with Crippen molar-refractivity contribution in [3.63, 3.8) is 0 Å². The van der Waals surface area contributed by atoms with Crippen molar-refractivity contribution in [2.45, 2.75) is 12.8 Å². The summed E-state index contributed by atoms with van der Waals surface area (Å²) in [5.41, 5.74) is 1.64. The van der Waals surface area contributed by atoms with E-state index in [2.05, 4.69) is 14.9 Å². The van der Waals surface area contributed by atoms with E-state index in [0.29, 0.717) is 21.8 Å². The van der Waals surface area contributed by atoms with Gasteiger partial charge in [0.25, 0.3) is 0 Å². The van der Waals surface area contributed by atoms with Gasteiger partial charge in [0.05, 0.1) is 5.56 Å². The zero-order valence-electron chi connectivity index (χ0n) is 10.3. The summed E-state index contributed by atoms with van der Waals surface area (Å²) < 4.78 is 0. The average Bonchev–Trinajstić information content (AvgIpc) is 2.93. The largest absolute Gasteiger partial charge is 0.341 e. The summed E-state index contributed by atoms with van der Waals surface area (Å²) in [4.78, 5) is 10.9. The molecule has 0 atom stereocenters. The van der Waals surface area contributed by atoms with Crippen LogP contribution in [0.1, 0.15) is 12.8 Å². The molecule has 0 saturated carbocycles. The van der Waals surface area contributed by atoms with E-state index < -0.39 is 0 Å². The summed E-state index contributed by atoms with van der Waals surface area (Å²) in [6, 6.07) is 9.73.